The SMILES string of the molecule is c1cncc(C2CNCCN2CC2CC2)c1. The van der Waals surface area contributed by atoms with Crippen LogP contribution >= 0.6 is 0 Å². The van der Waals surface area contributed by atoms with Gasteiger partial charge >= 0.3 is 0 Å². The number of hydrogen-bond donors (Lipinski definition) is 1. The topological polar surface area (TPSA) is 28.2 Å². The highest BCUT2D eigenvalue weighted by Gasteiger charge is 2.30. The highest BCUT2D eigenvalue weighted by atomic mass is 15.2. The quantitative estimate of drug-likeness (QED) is 0.830. The fourth-order valence-corrected chi connectivity index (χ4v) is 2.50. The minimum Gasteiger partial charge on any atom is -0.314 e. The van der Waals surface area contributed by atoms with Gasteiger partial charge in [0.15, 0.2) is 0 Å². The van der Waals surface area contributed by atoms with Gasteiger partial charge in [0.25, 0.3) is 0 Å². The lowest BCUT2D eigenvalue weighted by Gasteiger charge is -2.36. The molecule has 1 saturated carbocycles. The van der Waals surface area contributed by atoms with E-state index in [0.29, 0.717) is 6.04 Å². The van der Waals surface area contributed by atoms with Crippen LogP contribution < -0.4 is 5.32 Å². The van der Waals surface area contributed by atoms with Gasteiger partial charge in [-0.05, 0) is 30.4 Å². The highest BCUT2D eigenvalue weighted by molar-refractivity contribution is 5.15. The third kappa shape index (κ3) is 2.25. The maximum Gasteiger partial charge on any atom is 0.0488 e. The molecule has 0 bridgehead atoms. The number of nitrogens with zero attached hydrogens (tertiary/aromatic N) is 2. The van der Waals surface area contributed by atoms with Crippen LogP contribution in [0.25, 0.3) is 0 Å². The molecule has 1 unspecified atom stereocenters. The Morgan fingerprint density at radius 3 is 3.12 bits per heavy atom. The van der Waals surface area contributed by atoms with Crippen molar-refractivity contribution in [1.82, 2.24) is 15.2 Å². The summed E-state index contributed by atoms with van der Waals surface area (Å²) in [6.07, 6.45) is 6.73. The molecule has 1 aliphatic carbocycles. The van der Waals surface area contributed by atoms with Crippen LogP contribution in [0.1, 0.15) is 24.4 Å². The average Bonchev–Trinajstić information content (AvgIpc) is 3.15. The molecule has 2 heterocycles. The molecule has 3 nitrogen and oxygen atoms in total. The lowest BCUT2D eigenvalue weighted by atomic mass is 10.1. The van der Waals surface area contributed by atoms with Crippen LogP contribution in [0.4, 0.5) is 0 Å². The standard InChI is InChI=1S/C13H19N3/c1-2-12(8-14-5-1)13-9-15-6-7-16(13)10-11-3-4-11/h1-2,5,8,11,13,15H,3-4,6-7,9-10H2. The largest absolute Gasteiger partial charge is 0.314 e. The van der Waals surface area contributed by atoms with Gasteiger partial charge < -0.3 is 5.32 Å². The lowest BCUT2D eigenvalue weighted by Crippen LogP contribution is -2.46. The third-order valence-electron chi connectivity index (χ3n) is 3.61. The molecule has 3 heteroatoms. The zero-order valence-electron chi connectivity index (χ0n) is 9.60. The van der Waals surface area contributed by atoms with Crippen molar-refractivity contribution < 1.29 is 0 Å². The van der Waals surface area contributed by atoms with Crippen LogP contribution in [0.5, 0.6) is 0 Å². The molecule has 1 aromatic rings. The number of rotatable bonds is 3. The number of hydrogen-bond acceptors (Lipinski definition) is 3. The van der Waals surface area contributed by atoms with Gasteiger partial charge in [-0.25, -0.2) is 0 Å². The predicted molar refractivity (Wildman–Crippen MR) is 64.1 cm³/mol. The fourth-order valence-electron chi connectivity index (χ4n) is 2.50. The summed E-state index contributed by atoms with van der Waals surface area (Å²) in [4.78, 5) is 6.86. The van der Waals surface area contributed by atoms with Crippen molar-refractivity contribution in [2.75, 3.05) is 26.2 Å². The summed E-state index contributed by atoms with van der Waals surface area (Å²) >= 11 is 0. The molecule has 16 heavy (non-hydrogen) atoms. The van der Waals surface area contributed by atoms with E-state index in [1.807, 2.05) is 18.5 Å². The molecule has 1 atom stereocenters. The van der Waals surface area contributed by atoms with Crippen LogP contribution in [-0.4, -0.2) is 36.1 Å². The van der Waals surface area contributed by atoms with Crippen LogP contribution in [0.3, 0.4) is 0 Å². The Morgan fingerprint density at radius 1 is 1.44 bits per heavy atom. The first kappa shape index (κ1) is 10.2. The monoisotopic (exact) mass is 217 g/mol. The maximum absolute atomic E-state index is 4.23. The van der Waals surface area contributed by atoms with Crippen LogP contribution in [0.2, 0.25) is 0 Å². The summed E-state index contributed by atoms with van der Waals surface area (Å²) in [7, 11) is 0. The predicted octanol–water partition coefficient (Wildman–Crippen LogP) is 1.44. The number of pyridine rings is 1. The summed E-state index contributed by atoms with van der Waals surface area (Å²) in [6.45, 7) is 4.65. The lowest BCUT2D eigenvalue weighted by molar-refractivity contribution is 0.155. The Bertz CT molecular complexity index is 334. The van der Waals surface area contributed by atoms with E-state index in [9.17, 15) is 0 Å². The van der Waals surface area contributed by atoms with Crippen molar-refractivity contribution in [2.24, 2.45) is 5.92 Å². The van der Waals surface area contributed by atoms with Crippen molar-refractivity contribution in [3.05, 3.63) is 30.1 Å². The van der Waals surface area contributed by atoms with E-state index in [0.717, 1.165) is 19.0 Å². The van der Waals surface area contributed by atoms with Crippen molar-refractivity contribution >= 4 is 0 Å². The molecular formula is C13H19N3. The number of nitrogens with one attached hydrogen (secondary N) is 1. The second-order valence-corrected chi connectivity index (χ2v) is 4.94. The van der Waals surface area contributed by atoms with E-state index in [2.05, 4.69) is 21.3 Å². The molecule has 1 saturated heterocycles. The first-order valence-corrected chi connectivity index (χ1v) is 6.28. The second-order valence-electron chi connectivity index (χ2n) is 4.94. The highest BCUT2D eigenvalue weighted by Crippen LogP contribution is 2.33. The molecule has 0 aromatic carbocycles. The Hall–Kier alpha value is -0.930. The van der Waals surface area contributed by atoms with Crippen LogP contribution in [-0.2, 0) is 0 Å². The first-order chi connectivity index (χ1) is 7.93. The molecule has 86 valence electrons. The third-order valence-corrected chi connectivity index (χ3v) is 3.61. The Labute approximate surface area is 96.9 Å². The number of aromatic nitrogens is 1. The van der Waals surface area contributed by atoms with Crippen molar-refractivity contribution in [3.8, 4) is 0 Å². The van der Waals surface area contributed by atoms with Gasteiger partial charge in [0.1, 0.15) is 0 Å². The minimum absolute atomic E-state index is 0.531. The van der Waals surface area contributed by atoms with Gasteiger partial charge in [-0.3, -0.25) is 9.88 Å². The summed E-state index contributed by atoms with van der Waals surface area (Å²) in [5.41, 5.74) is 1.36. The van der Waals surface area contributed by atoms with Gasteiger partial charge in [-0.2, -0.15) is 0 Å². The fraction of sp³-hybridized carbons (Fsp3) is 0.615. The smallest absolute Gasteiger partial charge is 0.0488 e. The van der Waals surface area contributed by atoms with E-state index < -0.39 is 0 Å². The molecule has 0 amide bonds. The van der Waals surface area contributed by atoms with E-state index in [-0.39, 0.29) is 0 Å². The molecule has 3 rings (SSSR count). The van der Waals surface area contributed by atoms with Gasteiger partial charge in [-0.15, -0.1) is 0 Å². The zero-order valence-corrected chi connectivity index (χ0v) is 9.60. The second kappa shape index (κ2) is 4.52. The summed E-state index contributed by atoms with van der Waals surface area (Å²) in [5, 5.41) is 3.49. The van der Waals surface area contributed by atoms with Gasteiger partial charge in [-0.1, -0.05) is 6.07 Å². The molecule has 1 aliphatic heterocycles. The zero-order chi connectivity index (χ0) is 10.8. The molecule has 0 radical (unpaired) electrons. The normalized spacial score (nSPS) is 26.9. The molecule has 0 spiro atoms. The minimum atomic E-state index is 0.531. The molecule has 1 aromatic heterocycles. The number of piperazine rings is 1. The molecule has 2 fully saturated rings. The summed E-state index contributed by atoms with van der Waals surface area (Å²) in [6, 6.07) is 4.77. The maximum atomic E-state index is 4.23. The van der Waals surface area contributed by atoms with Crippen molar-refractivity contribution in [2.45, 2.75) is 18.9 Å². The van der Waals surface area contributed by atoms with E-state index in [1.165, 1.54) is 31.5 Å². The first-order valence-electron chi connectivity index (χ1n) is 6.28. The molecule has 2 aliphatic rings. The Morgan fingerprint density at radius 2 is 2.38 bits per heavy atom. The van der Waals surface area contributed by atoms with Crippen LogP contribution in [0.15, 0.2) is 24.5 Å². The van der Waals surface area contributed by atoms with Gasteiger partial charge in [0, 0.05) is 44.6 Å². The van der Waals surface area contributed by atoms with E-state index >= 15 is 0 Å². The van der Waals surface area contributed by atoms with Crippen LogP contribution in [0, 0.1) is 5.92 Å². The molecular weight excluding hydrogens is 198 g/mol. The van der Waals surface area contributed by atoms with E-state index in [4.69, 9.17) is 0 Å². The van der Waals surface area contributed by atoms with Crippen molar-refractivity contribution in [3.63, 3.8) is 0 Å². The van der Waals surface area contributed by atoms with Gasteiger partial charge in [0.2, 0.25) is 0 Å². The Kier molecular flexibility index (Phi) is 2.89. The van der Waals surface area contributed by atoms with Gasteiger partial charge in [0.05, 0.1) is 0 Å². The summed E-state index contributed by atoms with van der Waals surface area (Å²) in [5.74, 6) is 0.970. The molecule has 1 N–H and O–H groups in total. The van der Waals surface area contributed by atoms with E-state index in [1.54, 1.807) is 0 Å². The average molecular weight is 217 g/mol. The Balaban J connectivity index is 1.74. The summed E-state index contributed by atoms with van der Waals surface area (Å²) < 4.78 is 0. The van der Waals surface area contributed by atoms with Crippen molar-refractivity contribution in [1.29, 1.82) is 0 Å².